The Kier molecular flexibility index (Phi) is 6.00. The maximum absolute atomic E-state index is 9.41. The molecule has 0 N–H and O–H groups in total. The van der Waals surface area contributed by atoms with Crippen molar-refractivity contribution in [2.45, 2.75) is 0 Å². The topological polar surface area (TPSA) is 69.9 Å². The molecule has 0 unspecified atom stereocenters. The summed E-state index contributed by atoms with van der Waals surface area (Å²) < 4.78 is 50.9. The van der Waals surface area contributed by atoms with Crippen molar-refractivity contribution in [1.82, 2.24) is 19.5 Å². The number of nitrogens with zero attached hydrogens (tertiary/aromatic N) is 4. The van der Waals surface area contributed by atoms with E-state index < -0.39 is 0 Å². The number of hydrogen-bond donors (Lipinski definition) is 0. The lowest BCUT2D eigenvalue weighted by atomic mass is 9.92. The van der Waals surface area contributed by atoms with Gasteiger partial charge in [0.05, 0.1) is 16.5 Å². The molecule has 12 rings (SSSR count). The number of para-hydroxylation sites is 3. The van der Waals surface area contributed by atoms with Gasteiger partial charge in [-0.3, -0.25) is 4.57 Å². The van der Waals surface area contributed by atoms with Crippen molar-refractivity contribution in [1.29, 1.82) is 0 Å². The van der Waals surface area contributed by atoms with Crippen LogP contribution in [0.25, 0.3) is 117 Å². The van der Waals surface area contributed by atoms with Gasteiger partial charge in [0, 0.05) is 43.4 Å². The van der Waals surface area contributed by atoms with E-state index in [4.69, 9.17) is 26.5 Å². The van der Waals surface area contributed by atoms with E-state index >= 15 is 0 Å². The molecule has 0 fully saturated rings. The lowest BCUT2D eigenvalue weighted by molar-refractivity contribution is 0.668. The highest BCUT2D eigenvalue weighted by Gasteiger charge is 2.22. The molecular formula is C51H30N4O2. The first-order valence-corrected chi connectivity index (χ1v) is 18.7. The molecule has 6 heteroatoms. The Morgan fingerprint density at radius 1 is 0.404 bits per heavy atom. The third-order valence-electron chi connectivity index (χ3n) is 10.8. The van der Waals surface area contributed by atoms with Gasteiger partial charge in [0.1, 0.15) is 22.3 Å². The highest BCUT2D eigenvalue weighted by Crippen LogP contribution is 2.42. The molecule has 8 aromatic carbocycles. The minimum absolute atomic E-state index is 0.149. The van der Waals surface area contributed by atoms with Gasteiger partial charge in [0.25, 0.3) is 0 Å². The van der Waals surface area contributed by atoms with E-state index in [0.717, 1.165) is 55.0 Å². The Bertz CT molecular complexity index is 3650. The molecule has 0 atom stereocenters. The van der Waals surface area contributed by atoms with Gasteiger partial charge in [-0.2, -0.15) is 9.97 Å². The molecule has 0 aliphatic rings. The standard InChI is InChI=1S/C51H30N4O2/c1-2-13-31(14-3-1)34-15-4-5-16-35(34)40-20-12-22-43-48(40)41-19-6-9-21-42(41)55(43)51-53-49(32-25-27-38-36-17-7-10-23-44(36)56-46(38)29-32)52-50(54-51)33-26-28-39-37-18-8-11-24-45(37)57-47(39)30-33/h1-30H/i6D,9D,19D,21D. The highest BCUT2D eigenvalue weighted by molar-refractivity contribution is 6.16. The van der Waals surface area contributed by atoms with Crippen LogP contribution in [0.3, 0.4) is 0 Å². The van der Waals surface area contributed by atoms with Crippen LogP contribution in [-0.4, -0.2) is 19.5 Å². The summed E-state index contributed by atoms with van der Waals surface area (Å²) in [5.74, 6) is 0.898. The van der Waals surface area contributed by atoms with Gasteiger partial charge in [-0.25, -0.2) is 4.98 Å². The molecule has 0 spiro atoms. The largest absolute Gasteiger partial charge is 0.456 e. The number of aromatic nitrogens is 4. The minimum Gasteiger partial charge on any atom is -0.456 e. The molecule has 0 radical (unpaired) electrons. The zero-order valence-electron chi connectivity index (χ0n) is 34.1. The second-order valence-corrected chi connectivity index (χ2v) is 14.1. The van der Waals surface area contributed by atoms with Gasteiger partial charge in [-0.05, 0) is 70.8 Å². The monoisotopic (exact) mass is 734 g/mol. The summed E-state index contributed by atoms with van der Waals surface area (Å²) in [6, 6.07) is 50.7. The van der Waals surface area contributed by atoms with Gasteiger partial charge in [0.2, 0.25) is 5.95 Å². The maximum Gasteiger partial charge on any atom is 0.238 e. The second-order valence-electron chi connectivity index (χ2n) is 14.1. The van der Waals surface area contributed by atoms with Gasteiger partial charge in [-0.1, -0.05) is 133 Å². The van der Waals surface area contributed by atoms with Crippen LogP contribution in [0.15, 0.2) is 191 Å². The molecule has 0 saturated heterocycles. The molecule has 4 heterocycles. The first-order chi connectivity index (χ1) is 29.9. The molecule has 4 aromatic heterocycles. The second kappa shape index (κ2) is 12.3. The van der Waals surface area contributed by atoms with Crippen molar-refractivity contribution in [3.05, 3.63) is 182 Å². The lowest BCUT2D eigenvalue weighted by Gasteiger charge is -2.13. The summed E-state index contributed by atoms with van der Waals surface area (Å²) in [5.41, 5.74) is 8.89. The van der Waals surface area contributed by atoms with Crippen molar-refractivity contribution < 1.29 is 14.3 Å². The molecule has 0 aliphatic carbocycles. The van der Waals surface area contributed by atoms with E-state index in [1.165, 1.54) is 0 Å². The Labute approximate surface area is 331 Å². The summed E-state index contributed by atoms with van der Waals surface area (Å²) in [6.07, 6.45) is 0. The summed E-state index contributed by atoms with van der Waals surface area (Å²) in [6.45, 7) is 0. The van der Waals surface area contributed by atoms with Gasteiger partial charge < -0.3 is 8.83 Å². The summed E-state index contributed by atoms with van der Waals surface area (Å²) in [5, 5.41) is 4.96. The maximum atomic E-state index is 9.41. The fraction of sp³-hybridized carbons (Fsp3) is 0. The highest BCUT2D eigenvalue weighted by atomic mass is 16.3. The molecule has 6 nitrogen and oxygen atoms in total. The number of rotatable bonds is 5. The van der Waals surface area contributed by atoms with Crippen LogP contribution in [0.4, 0.5) is 0 Å². The zero-order chi connectivity index (χ0) is 40.9. The van der Waals surface area contributed by atoms with E-state index in [2.05, 4.69) is 18.2 Å². The summed E-state index contributed by atoms with van der Waals surface area (Å²) >= 11 is 0. The van der Waals surface area contributed by atoms with E-state index in [1.54, 1.807) is 4.57 Å². The van der Waals surface area contributed by atoms with Crippen molar-refractivity contribution >= 4 is 65.7 Å². The van der Waals surface area contributed by atoms with Gasteiger partial charge in [0.15, 0.2) is 11.6 Å². The molecule has 0 amide bonds. The van der Waals surface area contributed by atoms with E-state index in [-0.39, 0.29) is 35.6 Å². The quantitative estimate of drug-likeness (QED) is 0.176. The molecular weight excluding hydrogens is 701 g/mol. The Hall–Kier alpha value is -7.83. The predicted molar refractivity (Wildman–Crippen MR) is 230 cm³/mol. The minimum atomic E-state index is -0.354. The van der Waals surface area contributed by atoms with Crippen molar-refractivity contribution in [3.8, 4) is 51.0 Å². The lowest BCUT2D eigenvalue weighted by Crippen LogP contribution is -2.06. The third kappa shape index (κ3) is 4.94. The van der Waals surface area contributed by atoms with Crippen LogP contribution in [0, 0.1) is 0 Å². The molecule has 0 aliphatic heterocycles. The smallest absolute Gasteiger partial charge is 0.238 e. The Morgan fingerprint density at radius 3 is 1.65 bits per heavy atom. The van der Waals surface area contributed by atoms with Gasteiger partial charge in [-0.15, -0.1) is 0 Å². The zero-order valence-corrected chi connectivity index (χ0v) is 30.1. The first-order valence-electron chi connectivity index (χ1n) is 20.7. The summed E-state index contributed by atoms with van der Waals surface area (Å²) in [4.78, 5) is 15.4. The van der Waals surface area contributed by atoms with Crippen molar-refractivity contribution in [2.75, 3.05) is 0 Å². The number of fused-ring (bicyclic) bond motifs is 9. The van der Waals surface area contributed by atoms with Crippen LogP contribution < -0.4 is 0 Å². The van der Waals surface area contributed by atoms with Gasteiger partial charge >= 0.3 is 0 Å². The van der Waals surface area contributed by atoms with Crippen LogP contribution in [0.1, 0.15) is 5.48 Å². The molecule has 266 valence electrons. The third-order valence-corrected chi connectivity index (χ3v) is 10.8. The van der Waals surface area contributed by atoms with E-state index in [9.17, 15) is 2.74 Å². The van der Waals surface area contributed by atoms with Crippen molar-refractivity contribution in [3.63, 3.8) is 0 Å². The van der Waals surface area contributed by atoms with E-state index in [0.29, 0.717) is 50.2 Å². The van der Waals surface area contributed by atoms with Crippen molar-refractivity contribution in [2.24, 2.45) is 0 Å². The fourth-order valence-electron chi connectivity index (χ4n) is 8.24. The van der Waals surface area contributed by atoms with Crippen LogP contribution in [0.5, 0.6) is 0 Å². The molecule has 12 aromatic rings. The SMILES string of the molecule is [2H]c1c([2H])c([2H])c2c(c1[2H])c1c(-c3ccccc3-c3ccccc3)cccc1n2-c1nc(-c2ccc3c(c2)oc2ccccc23)nc(-c2ccc3c(c2)oc2ccccc23)n1. The van der Waals surface area contributed by atoms with Crippen LogP contribution in [-0.2, 0) is 0 Å². The molecule has 0 bridgehead atoms. The summed E-state index contributed by atoms with van der Waals surface area (Å²) in [7, 11) is 0. The fourth-order valence-corrected chi connectivity index (χ4v) is 8.24. The normalized spacial score (nSPS) is 12.8. The average molecular weight is 735 g/mol. The number of benzene rings is 8. The predicted octanol–water partition coefficient (Wildman–Crippen LogP) is 13.4. The molecule has 57 heavy (non-hydrogen) atoms. The van der Waals surface area contributed by atoms with Crippen LogP contribution >= 0.6 is 0 Å². The Morgan fingerprint density at radius 2 is 0.965 bits per heavy atom. The number of hydrogen-bond acceptors (Lipinski definition) is 5. The number of furan rings is 2. The average Bonchev–Trinajstić information content (AvgIpc) is 3.99. The Balaban J connectivity index is 1.17. The molecule has 0 saturated carbocycles. The van der Waals surface area contributed by atoms with Crippen LogP contribution in [0.2, 0.25) is 0 Å². The van der Waals surface area contributed by atoms with E-state index in [1.807, 2.05) is 140 Å². The first kappa shape index (κ1) is 27.7.